The lowest BCUT2D eigenvalue weighted by Crippen LogP contribution is -2.24. The Labute approximate surface area is 256 Å². The number of benzene rings is 3. The van der Waals surface area contributed by atoms with Crippen molar-refractivity contribution < 1.29 is 18.8 Å². The van der Waals surface area contributed by atoms with Crippen LogP contribution in [-0.2, 0) is 17.9 Å². The molecule has 0 bridgehead atoms. The van der Waals surface area contributed by atoms with Gasteiger partial charge >= 0.3 is 5.97 Å². The van der Waals surface area contributed by atoms with Gasteiger partial charge in [0.25, 0.3) is 0 Å². The predicted octanol–water partition coefficient (Wildman–Crippen LogP) is 9.62. The van der Waals surface area contributed by atoms with Gasteiger partial charge in [-0.15, -0.1) is 0 Å². The number of carbonyl (C=O) groups is 1. The first-order valence-corrected chi connectivity index (χ1v) is 14.6. The number of nitrogens with zero attached hydrogens (tertiary/aromatic N) is 2. The Balaban J connectivity index is 1.37. The standard InChI is InChI=1S/C34H34Cl2N2O4/c1-20(2)32-26(31(37-42-32)30-27(35)8-7-9-28(30)36)19-40-24-12-13-29-23(17-24)14-15-38(29)18-22-11-10-21(3)25(16-22)33(39)41-34(4,5)6/h7-17,20H,18-19H2,1-6H3. The van der Waals surface area contributed by atoms with Crippen molar-refractivity contribution in [3.63, 3.8) is 0 Å². The molecule has 2 aromatic heterocycles. The summed E-state index contributed by atoms with van der Waals surface area (Å²) in [6, 6.07) is 19.3. The van der Waals surface area contributed by atoms with E-state index in [9.17, 15) is 4.79 Å². The highest BCUT2D eigenvalue weighted by Gasteiger charge is 2.24. The summed E-state index contributed by atoms with van der Waals surface area (Å²) in [6.07, 6.45) is 2.04. The zero-order valence-electron chi connectivity index (χ0n) is 24.6. The smallest absolute Gasteiger partial charge is 0.338 e. The number of rotatable bonds is 8. The van der Waals surface area contributed by atoms with Crippen LogP contribution in [0.3, 0.4) is 0 Å². The molecule has 0 aliphatic heterocycles. The topological polar surface area (TPSA) is 66.5 Å². The van der Waals surface area contributed by atoms with Crippen LogP contribution in [0.1, 0.15) is 73.3 Å². The maximum Gasteiger partial charge on any atom is 0.338 e. The lowest BCUT2D eigenvalue weighted by Gasteiger charge is -2.20. The fourth-order valence-electron chi connectivity index (χ4n) is 4.91. The number of halogens is 2. The van der Waals surface area contributed by atoms with E-state index in [-0.39, 0.29) is 18.5 Å². The van der Waals surface area contributed by atoms with Gasteiger partial charge in [-0.05, 0) is 81.3 Å². The van der Waals surface area contributed by atoms with Crippen molar-refractivity contribution in [3.8, 4) is 17.0 Å². The van der Waals surface area contributed by atoms with Crippen LogP contribution in [0.15, 0.2) is 71.4 Å². The van der Waals surface area contributed by atoms with Crippen LogP contribution in [0, 0.1) is 6.92 Å². The first-order chi connectivity index (χ1) is 19.9. The molecule has 0 aliphatic rings. The first-order valence-electron chi connectivity index (χ1n) is 13.9. The van der Waals surface area contributed by atoms with E-state index in [1.165, 1.54) is 0 Å². The molecule has 5 rings (SSSR count). The average molecular weight is 606 g/mol. The minimum atomic E-state index is -0.552. The Hall–Kier alpha value is -3.74. The Morgan fingerprint density at radius 1 is 1.02 bits per heavy atom. The van der Waals surface area contributed by atoms with Gasteiger partial charge in [0.2, 0.25) is 0 Å². The van der Waals surface area contributed by atoms with Crippen molar-refractivity contribution in [2.45, 2.75) is 66.2 Å². The average Bonchev–Trinajstić information content (AvgIpc) is 3.51. The SMILES string of the molecule is Cc1ccc(Cn2ccc3cc(OCc4c(-c5c(Cl)cccc5Cl)noc4C(C)C)ccc32)cc1C(=O)OC(C)(C)C. The molecule has 0 saturated carbocycles. The van der Waals surface area contributed by atoms with Crippen molar-refractivity contribution in [3.05, 3.63) is 105 Å². The molecule has 0 aliphatic carbocycles. The Morgan fingerprint density at radius 3 is 2.45 bits per heavy atom. The molecular formula is C34H34Cl2N2O4. The molecule has 0 unspecified atom stereocenters. The molecule has 3 aromatic carbocycles. The number of hydrogen-bond acceptors (Lipinski definition) is 5. The van der Waals surface area contributed by atoms with Crippen LogP contribution < -0.4 is 4.74 Å². The molecule has 218 valence electrons. The summed E-state index contributed by atoms with van der Waals surface area (Å²) in [5.41, 5.74) is 5.03. The maximum atomic E-state index is 12.8. The van der Waals surface area contributed by atoms with Crippen LogP contribution in [0.4, 0.5) is 0 Å². The van der Waals surface area contributed by atoms with Crippen LogP contribution in [-0.4, -0.2) is 21.3 Å². The van der Waals surface area contributed by atoms with Crippen molar-refractivity contribution in [2.24, 2.45) is 0 Å². The van der Waals surface area contributed by atoms with E-state index in [1.807, 2.05) is 84.1 Å². The molecule has 0 saturated heterocycles. The minimum absolute atomic E-state index is 0.0974. The molecule has 0 atom stereocenters. The van der Waals surface area contributed by atoms with Gasteiger partial charge in [0.05, 0.1) is 21.2 Å². The highest BCUT2D eigenvalue weighted by atomic mass is 35.5. The summed E-state index contributed by atoms with van der Waals surface area (Å²) >= 11 is 13.0. The predicted molar refractivity (Wildman–Crippen MR) is 168 cm³/mol. The number of carbonyl (C=O) groups excluding carboxylic acids is 1. The highest BCUT2D eigenvalue weighted by molar-refractivity contribution is 6.39. The zero-order valence-corrected chi connectivity index (χ0v) is 26.1. The molecule has 0 radical (unpaired) electrons. The third kappa shape index (κ3) is 6.35. The van der Waals surface area contributed by atoms with Gasteiger partial charge in [-0.25, -0.2) is 4.79 Å². The largest absolute Gasteiger partial charge is 0.489 e. The van der Waals surface area contributed by atoms with E-state index in [2.05, 4.69) is 15.8 Å². The Morgan fingerprint density at radius 2 is 1.76 bits per heavy atom. The second-order valence-corrected chi connectivity index (χ2v) is 12.5. The van der Waals surface area contributed by atoms with Gasteiger partial charge in [-0.3, -0.25) is 0 Å². The molecule has 5 aromatic rings. The second kappa shape index (κ2) is 11.9. The van der Waals surface area contributed by atoms with Crippen LogP contribution in [0.25, 0.3) is 22.2 Å². The summed E-state index contributed by atoms with van der Waals surface area (Å²) in [4.78, 5) is 12.8. The molecule has 0 fully saturated rings. The van der Waals surface area contributed by atoms with Crippen molar-refractivity contribution in [1.82, 2.24) is 9.72 Å². The fraction of sp³-hybridized carbons (Fsp3) is 0.294. The van der Waals surface area contributed by atoms with Crippen LogP contribution in [0.5, 0.6) is 5.75 Å². The van der Waals surface area contributed by atoms with Crippen LogP contribution >= 0.6 is 23.2 Å². The minimum Gasteiger partial charge on any atom is -0.489 e. The number of esters is 1. The van der Waals surface area contributed by atoms with E-state index in [0.29, 0.717) is 33.4 Å². The van der Waals surface area contributed by atoms with Gasteiger partial charge < -0.3 is 18.6 Å². The molecule has 0 N–H and O–H groups in total. The third-order valence-electron chi connectivity index (χ3n) is 6.94. The van der Waals surface area contributed by atoms with E-state index >= 15 is 0 Å². The molecule has 42 heavy (non-hydrogen) atoms. The van der Waals surface area contributed by atoms with Gasteiger partial charge in [-0.1, -0.05) is 60.4 Å². The molecule has 2 heterocycles. The molecule has 0 spiro atoms. The number of ether oxygens (including phenoxy) is 2. The highest BCUT2D eigenvalue weighted by Crippen LogP contribution is 2.39. The summed E-state index contributed by atoms with van der Waals surface area (Å²) in [6.45, 7) is 12.5. The summed E-state index contributed by atoms with van der Waals surface area (Å²) in [5, 5.41) is 6.36. The summed E-state index contributed by atoms with van der Waals surface area (Å²) < 4.78 is 19.7. The molecule has 0 amide bonds. The number of aryl methyl sites for hydroxylation is 1. The van der Waals surface area contributed by atoms with E-state index < -0.39 is 5.60 Å². The number of hydrogen-bond donors (Lipinski definition) is 0. The lowest BCUT2D eigenvalue weighted by molar-refractivity contribution is 0.00686. The van der Waals surface area contributed by atoms with Gasteiger partial charge in [0, 0.05) is 35.1 Å². The normalized spacial score (nSPS) is 11.8. The van der Waals surface area contributed by atoms with Gasteiger partial charge in [-0.2, -0.15) is 0 Å². The molecule has 6 nitrogen and oxygen atoms in total. The number of aromatic nitrogens is 2. The summed E-state index contributed by atoms with van der Waals surface area (Å²) in [5.74, 6) is 1.24. The third-order valence-corrected chi connectivity index (χ3v) is 7.57. The van der Waals surface area contributed by atoms with Gasteiger partial charge in [0.1, 0.15) is 29.4 Å². The zero-order chi connectivity index (χ0) is 30.2. The van der Waals surface area contributed by atoms with E-state index in [4.69, 9.17) is 37.2 Å². The summed E-state index contributed by atoms with van der Waals surface area (Å²) in [7, 11) is 0. The van der Waals surface area contributed by atoms with Gasteiger partial charge in [0.15, 0.2) is 0 Å². The second-order valence-electron chi connectivity index (χ2n) is 11.7. The lowest BCUT2D eigenvalue weighted by atomic mass is 10.0. The van der Waals surface area contributed by atoms with E-state index in [1.54, 1.807) is 18.2 Å². The van der Waals surface area contributed by atoms with Crippen molar-refractivity contribution in [1.29, 1.82) is 0 Å². The van der Waals surface area contributed by atoms with Crippen molar-refractivity contribution in [2.75, 3.05) is 0 Å². The molecule has 8 heteroatoms. The fourth-order valence-corrected chi connectivity index (χ4v) is 5.49. The number of fused-ring (bicyclic) bond motifs is 1. The van der Waals surface area contributed by atoms with Crippen LogP contribution in [0.2, 0.25) is 10.0 Å². The molecular weight excluding hydrogens is 571 g/mol. The van der Waals surface area contributed by atoms with Crippen molar-refractivity contribution >= 4 is 40.1 Å². The van der Waals surface area contributed by atoms with E-state index in [0.717, 1.165) is 39.1 Å². The maximum absolute atomic E-state index is 12.8. The first kappa shape index (κ1) is 29.7. The Bertz CT molecular complexity index is 1740. The Kier molecular flexibility index (Phi) is 8.40. The monoisotopic (exact) mass is 604 g/mol. The quantitative estimate of drug-likeness (QED) is 0.165.